The number of pyridine rings is 1. The summed E-state index contributed by atoms with van der Waals surface area (Å²) in [6, 6.07) is 3.71. The van der Waals surface area contributed by atoms with Crippen molar-refractivity contribution in [3.63, 3.8) is 0 Å². The second-order valence-corrected chi connectivity index (χ2v) is 6.65. The topological polar surface area (TPSA) is 82.5 Å². The summed E-state index contributed by atoms with van der Waals surface area (Å²) in [6.07, 6.45) is 3.78. The molecule has 0 bridgehead atoms. The van der Waals surface area contributed by atoms with Crippen LogP contribution in [0.2, 0.25) is 0 Å². The van der Waals surface area contributed by atoms with Crippen molar-refractivity contribution in [3.05, 3.63) is 30.1 Å². The van der Waals surface area contributed by atoms with Crippen molar-refractivity contribution in [2.24, 2.45) is 17.8 Å². The van der Waals surface area contributed by atoms with Crippen LogP contribution in [0.3, 0.4) is 0 Å². The van der Waals surface area contributed by atoms with Crippen LogP contribution in [0, 0.1) is 17.8 Å². The molecule has 126 valence electrons. The zero-order valence-corrected chi connectivity index (χ0v) is 13.7. The molecule has 0 unspecified atom stereocenters. The van der Waals surface area contributed by atoms with E-state index in [0.717, 1.165) is 12.1 Å². The van der Waals surface area contributed by atoms with Gasteiger partial charge in [-0.3, -0.25) is 14.6 Å². The van der Waals surface area contributed by atoms with Gasteiger partial charge in [-0.15, -0.1) is 0 Å². The van der Waals surface area contributed by atoms with Crippen LogP contribution in [-0.4, -0.2) is 46.5 Å². The van der Waals surface area contributed by atoms with Gasteiger partial charge in [0, 0.05) is 38.6 Å². The first-order valence-electron chi connectivity index (χ1n) is 8.07. The van der Waals surface area contributed by atoms with Gasteiger partial charge in [0.1, 0.15) is 0 Å². The summed E-state index contributed by atoms with van der Waals surface area (Å²) in [6.45, 7) is 6.62. The Morgan fingerprint density at radius 2 is 1.96 bits per heavy atom. The third-order valence-corrected chi connectivity index (χ3v) is 4.09. The molecule has 23 heavy (non-hydrogen) atoms. The molecular formula is C17H25N3O3. The molecule has 2 heterocycles. The van der Waals surface area contributed by atoms with E-state index in [4.69, 9.17) is 0 Å². The number of carboxylic acid groups (broad SMARTS) is 1. The SMILES string of the molecule is CC(C)CN1C[C@@H](C(=O)O)C[C@@H](C(=O)NCc2ccncc2)C1. The lowest BCUT2D eigenvalue weighted by atomic mass is 9.88. The molecule has 1 aromatic heterocycles. The Hall–Kier alpha value is -1.95. The number of carboxylic acids is 1. The number of carbonyl (C=O) groups is 2. The van der Waals surface area contributed by atoms with E-state index in [1.54, 1.807) is 12.4 Å². The number of aliphatic carboxylic acids is 1. The van der Waals surface area contributed by atoms with Gasteiger partial charge in [0.2, 0.25) is 5.91 Å². The van der Waals surface area contributed by atoms with Crippen LogP contribution in [-0.2, 0) is 16.1 Å². The molecule has 0 spiro atoms. The first-order valence-corrected chi connectivity index (χ1v) is 8.07. The molecule has 0 aliphatic carbocycles. The average molecular weight is 319 g/mol. The van der Waals surface area contributed by atoms with Crippen LogP contribution >= 0.6 is 0 Å². The van der Waals surface area contributed by atoms with Crippen LogP contribution in [0.5, 0.6) is 0 Å². The molecule has 0 radical (unpaired) electrons. The summed E-state index contributed by atoms with van der Waals surface area (Å²) in [4.78, 5) is 29.8. The highest BCUT2D eigenvalue weighted by Gasteiger charge is 2.35. The number of aromatic nitrogens is 1. The van der Waals surface area contributed by atoms with Gasteiger partial charge in [-0.2, -0.15) is 0 Å². The van der Waals surface area contributed by atoms with Gasteiger partial charge in [-0.1, -0.05) is 13.8 Å². The number of rotatable bonds is 6. The molecular weight excluding hydrogens is 294 g/mol. The second-order valence-electron chi connectivity index (χ2n) is 6.65. The van der Waals surface area contributed by atoms with Crippen molar-refractivity contribution in [2.75, 3.05) is 19.6 Å². The molecule has 1 amide bonds. The van der Waals surface area contributed by atoms with Crippen molar-refractivity contribution in [2.45, 2.75) is 26.8 Å². The molecule has 1 aromatic rings. The number of hydrogen-bond acceptors (Lipinski definition) is 4. The molecule has 0 saturated carbocycles. The van der Waals surface area contributed by atoms with Gasteiger partial charge in [0.15, 0.2) is 0 Å². The Morgan fingerprint density at radius 3 is 2.57 bits per heavy atom. The van der Waals surface area contributed by atoms with Gasteiger partial charge in [-0.05, 0) is 30.0 Å². The van der Waals surface area contributed by atoms with E-state index in [1.165, 1.54) is 0 Å². The summed E-state index contributed by atoms with van der Waals surface area (Å²) in [5, 5.41) is 12.2. The highest BCUT2D eigenvalue weighted by atomic mass is 16.4. The normalized spacial score (nSPS) is 22.0. The number of nitrogens with one attached hydrogen (secondary N) is 1. The van der Waals surface area contributed by atoms with Gasteiger partial charge < -0.3 is 15.3 Å². The Bertz CT molecular complexity index is 533. The van der Waals surface area contributed by atoms with Crippen molar-refractivity contribution in [1.82, 2.24) is 15.2 Å². The van der Waals surface area contributed by atoms with Gasteiger partial charge in [-0.25, -0.2) is 0 Å². The summed E-state index contributed by atoms with van der Waals surface area (Å²) in [5.41, 5.74) is 0.984. The van der Waals surface area contributed by atoms with E-state index >= 15 is 0 Å². The van der Waals surface area contributed by atoms with Crippen LogP contribution in [0.4, 0.5) is 0 Å². The lowest BCUT2D eigenvalue weighted by molar-refractivity contribution is -0.145. The number of nitrogens with zero attached hydrogens (tertiary/aromatic N) is 2. The second kappa shape index (κ2) is 8.06. The van der Waals surface area contributed by atoms with E-state index in [0.29, 0.717) is 32.0 Å². The predicted octanol–water partition coefficient (Wildman–Crippen LogP) is 1.38. The van der Waals surface area contributed by atoms with E-state index in [2.05, 4.69) is 29.0 Å². The monoisotopic (exact) mass is 319 g/mol. The molecule has 0 aromatic carbocycles. The highest BCUT2D eigenvalue weighted by molar-refractivity contribution is 5.80. The quantitative estimate of drug-likeness (QED) is 0.828. The molecule has 2 atom stereocenters. The Labute approximate surface area is 136 Å². The van der Waals surface area contributed by atoms with Crippen molar-refractivity contribution >= 4 is 11.9 Å². The average Bonchev–Trinajstić information content (AvgIpc) is 2.52. The maximum atomic E-state index is 12.4. The minimum Gasteiger partial charge on any atom is -0.481 e. The summed E-state index contributed by atoms with van der Waals surface area (Å²) in [5.74, 6) is -1.18. The molecule has 1 aliphatic rings. The van der Waals surface area contributed by atoms with E-state index < -0.39 is 11.9 Å². The number of carbonyl (C=O) groups excluding carboxylic acids is 1. The highest BCUT2D eigenvalue weighted by Crippen LogP contribution is 2.23. The third kappa shape index (κ3) is 5.32. The summed E-state index contributed by atoms with van der Waals surface area (Å²) in [7, 11) is 0. The zero-order valence-electron chi connectivity index (χ0n) is 13.7. The fourth-order valence-electron chi connectivity index (χ4n) is 3.06. The maximum absolute atomic E-state index is 12.4. The fourth-order valence-corrected chi connectivity index (χ4v) is 3.06. The van der Waals surface area contributed by atoms with Gasteiger partial charge in [0.25, 0.3) is 0 Å². The van der Waals surface area contributed by atoms with Crippen LogP contribution < -0.4 is 5.32 Å². The fraction of sp³-hybridized carbons (Fsp3) is 0.588. The van der Waals surface area contributed by atoms with Crippen LogP contribution in [0.1, 0.15) is 25.8 Å². The Balaban J connectivity index is 1.95. The zero-order chi connectivity index (χ0) is 16.8. The summed E-state index contributed by atoms with van der Waals surface area (Å²) >= 11 is 0. The van der Waals surface area contributed by atoms with E-state index in [-0.39, 0.29) is 11.8 Å². The lowest BCUT2D eigenvalue weighted by Gasteiger charge is -2.36. The number of hydrogen-bond donors (Lipinski definition) is 2. The molecule has 2 N–H and O–H groups in total. The first-order chi connectivity index (χ1) is 11.0. The minimum atomic E-state index is -0.814. The van der Waals surface area contributed by atoms with E-state index in [9.17, 15) is 14.7 Å². The van der Waals surface area contributed by atoms with Crippen LogP contribution in [0.25, 0.3) is 0 Å². The molecule has 1 aliphatic heterocycles. The largest absolute Gasteiger partial charge is 0.481 e. The number of amides is 1. The van der Waals surface area contributed by atoms with Crippen molar-refractivity contribution in [3.8, 4) is 0 Å². The third-order valence-electron chi connectivity index (χ3n) is 4.09. The maximum Gasteiger partial charge on any atom is 0.307 e. The van der Waals surface area contributed by atoms with Gasteiger partial charge >= 0.3 is 5.97 Å². The predicted molar refractivity (Wildman–Crippen MR) is 86.6 cm³/mol. The molecule has 2 rings (SSSR count). The molecule has 1 fully saturated rings. The minimum absolute atomic E-state index is 0.0680. The number of likely N-dealkylation sites (tertiary alicyclic amines) is 1. The Morgan fingerprint density at radius 1 is 1.30 bits per heavy atom. The lowest BCUT2D eigenvalue weighted by Crippen LogP contribution is -2.49. The van der Waals surface area contributed by atoms with Crippen LogP contribution in [0.15, 0.2) is 24.5 Å². The summed E-state index contributed by atoms with van der Waals surface area (Å²) < 4.78 is 0. The molecule has 6 nitrogen and oxygen atoms in total. The molecule has 6 heteroatoms. The van der Waals surface area contributed by atoms with Crippen molar-refractivity contribution in [1.29, 1.82) is 0 Å². The number of piperidine rings is 1. The standard InChI is InChI=1S/C17H25N3O3/c1-12(2)9-20-10-14(7-15(11-20)17(22)23)16(21)19-8-13-3-5-18-6-4-13/h3-6,12,14-15H,7-11H2,1-2H3,(H,19,21)(H,22,23)/t14-,15+/m1/s1. The molecule has 1 saturated heterocycles. The van der Waals surface area contributed by atoms with Crippen molar-refractivity contribution < 1.29 is 14.7 Å². The van der Waals surface area contributed by atoms with Gasteiger partial charge in [0.05, 0.1) is 11.8 Å². The Kier molecular flexibility index (Phi) is 6.10. The first kappa shape index (κ1) is 17.4. The smallest absolute Gasteiger partial charge is 0.307 e. The van der Waals surface area contributed by atoms with E-state index in [1.807, 2.05) is 12.1 Å².